The molecular formula is C30H20N2. The van der Waals surface area contributed by atoms with Gasteiger partial charge in [0.05, 0.1) is 11.0 Å². The van der Waals surface area contributed by atoms with Crippen molar-refractivity contribution in [3.63, 3.8) is 0 Å². The maximum Gasteiger partial charge on any atom is 0.114 e. The molecule has 150 valence electrons. The zero-order valence-corrected chi connectivity index (χ0v) is 18.0. The molecule has 2 nitrogen and oxygen atoms in total. The lowest BCUT2D eigenvalue weighted by Gasteiger charge is -1.99. The molecule has 0 bridgehead atoms. The first-order valence-electron chi connectivity index (χ1n) is 10.5. The molecule has 0 amide bonds. The van der Waals surface area contributed by atoms with Crippen molar-refractivity contribution in [3.8, 4) is 23.7 Å². The van der Waals surface area contributed by atoms with Gasteiger partial charge in [0.2, 0.25) is 0 Å². The number of nitrogens with zero attached hydrogens (tertiary/aromatic N) is 2. The van der Waals surface area contributed by atoms with Crippen molar-refractivity contribution in [2.45, 2.75) is 13.8 Å². The van der Waals surface area contributed by atoms with Crippen LogP contribution in [-0.4, -0.2) is 9.97 Å². The largest absolute Gasteiger partial charge is 0.239 e. The smallest absolute Gasteiger partial charge is 0.114 e. The Hall–Kier alpha value is -4.40. The van der Waals surface area contributed by atoms with Crippen molar-refractivity contribution in [2.75, 3.05) is 0 Å². The lowest BCUT2D eigenvalue weighted by molar-refractivity contribution is 1.35. The standard InChI is InChI=1S/C30H20N2/c1-21-3-17-29-25(19-21)11-15-27(31-29)13-9-23-5-7-24(8-6-23)10-14-28-16-12-26-20-22(2)4-18-30(26)32-28/h3-8,11-12,15-20H,1-2H3. The Morgan fingerprint density at radius 3 is 1.34 bits per heavy atom. The van der Waals surface area contributed by atoms with E-state index in [0.717, 1.165) is 44.3 Å². The third kappa shape index (κ3) is 4.36. The van der Waals surface area contributed by atoms with E-state index in [-0.39, 0.29) is 0 Å². The van der Waals surface area contributed by atoms with Gasteiger partial charge < -0.3 is 0 Å². The molecule has 0 atom stereocenters. The highest BCUT2D eigenvalue weighted by atomic mass is 14.7. The fraction of sp³-hybridized carbons (Fsp3) is 0.0667. The third-order valence-electron chi connectivity index (χ3n) is 5.24. The van der Waals surface area contributed by atoms with Gasteiger partial charge in [-0.1, -0.05) is 35.1 Å². The number of rotatable bonds is 0. The van der Waals surface area contributed by atoms with Gasteiger partial charge in [-0.05, 0) is 98.5 Å². The van der Waals surface area contributed by atoms with Gasteiger partial charge in [-0.2, -0.15) is 0 Å². The molecule has 2 heterocycles. The first kappa shape index (κ1) is 19.6. The molecule has 0 aliphatic carbocycles. The Morgan fingerprint density at radius 2 is 0.906 bits per heavy atom. The van der Waals surface area contributed by atoms with Gasteiger partial charge in [-0.15, -0.1) is 0 Å². The molecule has 0 aliphatic rings. The van der Waals surface area contributed by atoms with Crippen LogP contribution in [0.4, 0.5) is 0 Å². The quantitative estimate of drug-likeness (QED) is 0.285. The summed E-state index contributed by atoms with van der Waals surface area (Å²) in [7, 11) is 0. The normalized spacial score (nSPS) is 10.3. The van der Waals surface area contributed by atoms with E-state index in [4.69, 9.17) is 0 Å². The summed E-state index contributed by atoms with van der Waals surface area (Å²) >= 11 is 0. The molecule has 0 aliphatic heterocycles. The van der Waals surface area contributed by atoms with Crippen LogP contribution < -0.4 is 0 Å². The van der Waals surface area contributed by atoms with Crippen LogP contribution in [0.5, 0.6) is 0 Å². The molecule has 0 saturated heterocycles. The highest BCUT2D eigenvalue weighted by molar-refractivity contribution is 5.80. The summed E-state index contributed by atoms with van der Waals surface area (Å²) in [6.07, 6.45) is 0. The van der Waals surface area contributed by atoms with Crippen LogP contribution in [0.15, 0.2) is 84.9 Å². The summed E-state index contributed by atoms with van der Waals surface area (Å²) in [4.78, 5) is 9.27. The summed E-state index contributed by atoms with van der Waals surface area (Å²) in [5.74, 6) is 12.7. The fourth-order valence-corrected chi connectivity index (χ4v) is 3.54. The van der Waals surface area contributed by atoms with Crippen molar-refractivity contribution in [1.29, 1.82) is 0 Å². The van der Waals surface area contributed by atoms with Crippen LogP contribution in [0, 0.1) is 37.5 Å². The Labute approximate surface area is 188 Å². The Balaban J connectivity index is 1.33. The number of hydrogen-bond acceptors (Lipinski definition) is 2. The van der Waals surface area contributed by atoms with E-state index in [9.17, 15) is 0 Å². The molecule has 5 aromatic rings. The average molecular weight is 409 g/mol. The van der Waals surface area contributed by atoms with Gasteiger partial charge in [0, 0.05) is 21.9 Å². The fourth-order valence-electron chi connectivity index (χ4n) is 3.54. The molecule has 0 saturated carbocycles. The Morgan fingerprint density at radius 1 is 0.469 bits per heavy atom. The molecule has 0 spiro atoms. The molecule has 2 aromatic heterocycles. The highest BCUT2D eigenvalue weighted by Gasteiger charge is 1.98. The van der Waals surface area contributed by atoms with Crippen LogP contribution in [0.2, 0.25) is 0 Å². The monoisotopic (exact) mass is 408 g/mol. The second-order valence-corrected chi connectivity index (χ2v) is 7.86. The summed E-state index contributed by atoms with van der Waals surface area (Å²) in [5, 5.41) is 2.27. The molecule has 0 unspecified atom stereocenters. The number of fused-ring (bicyclic) bond motifs is 2. The van der Waals surface area contributed by atoms with Gasteiger partial charge >= 0.3 is 0 Å². The number of aromatic nitrogens is 2. The van der Waals surface area contributed by atoms with Gasteiger partial charge in [0.1, 0.15) is 11.4 Å². The van der Waals surface area contributed by atoms with E-state index in [1.807, 2.05) is 48.5 Å². The van der Waals surface area contributed by atoms with Crippen molar-refractivity contribution < 1.29 is 0 Å². The van der Waals surface area contributed by atoms with Gasteiger partial charge in [0.15, 0.2) is 0 Å². The maximum atomic E-state index is 4.64. The third-order valence-corrected chi connectivity index (χ3v) is 5.24. The topological polar surface area (TPSA) is 25.8 Å². The van der Waals surface area contributed by atoms with Crippen LogP contribution >= 0.6 is 0 Å². The minimum atomic E-state index is 0.766. The number of aryl methyl sites for hydroxylation is 2. The Kier molecular flexibility index (Phi) is 5.12. The summed E-state index contributed by atoms with van der Waals surface area (Å²) < 4.78 is 0. The predicted octanol–water partition coefficient (Wildman–Crippen LogP) is 6.20. The van der Waals surface area contributed by atoms with Crippen molar-refractivity contribution in [1.82, 2.24) is 9.97 Å². The van der Waals surface area contributed by atoms with Crippen LogP contribution in [0.3, 0.4) is 0 Å². The van der Waals surface area contributed by atoms with E-state index >= 15 is 0 Å². The average Bonchev–Trinajstić information content (AvgIpc) is 2.82. The number of hydrogen-bond donors (Lipinski definition) is 0. The summed E-state index contributed by atoms with van der Waals surface area (Å²) in [6.45, 7) is 4.17. The molecule has 32 heavy (non-hydrogen) atoms. The lowest BCUT2D eigenvalue weighted by Crippen LogP contribution is -1.86. The molecule has 3 aromatic carbocycles. The predicted molar refractivity (Wildman–Crippen MR) is 131 cm³/mol. The second kappa shape index (κ2) is 8.38. The first-order chi connectivity index (χ1) is 15.6. The maximum absolute atomic E-state index is 4.64. The lowest BCUT2D eigenvalue weighted by atomic mass is 10.1. The molecule has 0 N–H and O–H groups in total. The minimum Gasteiger partial charge on any atom is -0.239 e. The summed E-state index contributed by atoms with van der Waals surface area (Å²) in [6, 6.07) is 28.5. The summed E-state index contributed by atoms with van der Waals surface area (Å²) in [5.41, 5.74) is 7.78. The van der Waals surface area contributed by atoms with Crippen LogP contribution in [0.1, 0.15) is 33.6 Å². The zero-order valence-electron chi connectivity index (χ0n) is 18.0. The zero-order chi connectivity index (χ0) is 21.9. The molecule has 5 rings (SSSR count). The molecular weight excluding hydrogens is 388 g/mol. The number of pyridine rings is 2. The van der Waals surface area contributed by atoms with Gasteiger partial charge in [0.25, 0.3) is 0 Å². The van der Waals surface area contributed by atoms with E-state index in [1.165, 1.54) is 11.1 Å². The van der Waals surface area contributed by atoms with Gasteiger partial charge in [-0.25, -0.2) is 9.97 Å². The van der Waals surface area contributed by atoms with Crippen molar-refractivity contribution in [3.05, 3.63) is 119 Å². The van der Waals surface area contributed by atoms with Crippen molar-refractivity contribution >= 4 is 21.8 Å². The SMILES string of the molecule is Cc1ccc2nc(C#Cc3ccc(C#Cc4ccc5cc(C)ccc5n4)cc3)ccc2c1. The number of benzene rings is 3. The van der Waals surface area contributed by atoms with E-state index in [1.54, 1.807) is 0 Å². The van der Waals surface area contributed by atoms with E-state index < -0.39 is 0 Å². The van der Waals surface area contributed by atoms with Crippen molar-refractivity contribution in [2.24, 2.45) is 0 Å². The molecule has 2 heteroatoms. The van der Waals surface area contributed by atoms with Crippen LogP contribution in [-0.2, 0) is 0 Å². The van der Waals surface area contributed by atoms with E-state index in [2.05, 4.69) is 83.9 Å². The Bertz CT molecular complexity index is 1470. The highest BCUT2D eigenvalue weighted by Crippen LogP contribution is 2.15. The van der Waals surface area contributed by atoms with Gasteiger partial charge in [-0.3, -0.25) is 0 Å². The molecule has 0 fully saturated rings. The molecule has 0 radical (unpaired) electrons. The first-order valence-corrected chi connectivity index (χ1v) is 10.5. The second-order valence-electron chi connectivity index (χ2n) is 7.86. The van der Waals surface area contributed by atoms with Crippen LogP contribution in [0.25, 0.3) is 21.8 Å². The minimum absolute atomic E-state index is 0.766. The van der Waals surface area contributed by atoms with E-state index in [0.29, 0.717) is 0 Å².